The monoisotopic (exact) mass is 310 g/mol. The Labute approximate surface area is 113 Å². The van der Waals surface area contributed by atoms with Gasteiger partial charge in [-0.25, -0.2) is 4.39 Å². The molecular formula is C14H12BrFO2. The summed E-state index contributed by atoms with van der Waals surface area (Å²) >= 11 is 3.37. The number of ether oxygens (including phenoxy) is 1. The Kier molecular flexibility index (Phi) is 3.99. The van der Waals surface area contributed by atoms with Crippen LogP contribution in [0.5, 0.6) is 11.5 Å². The molecule has 0 spiro atoms. The summed E-state index contributed by atoms with van der Waals surface area (Å²) in [6.07, 6.45) is -0.542. The van der Waals surface area contributed by atoms with Crippen LogP contribution >= 0.6 is 15.9 Å². The van der Waals surface area contributed by atoms with Crippen molar-refractivity contribution in [2.75, 3.05) is 0 Å². The quantitative estimate of drug-likeness (QED) is 0.908. The first-order valence-electron chi connectivity index (χ1n) is 5.47. The van der Waals surface area contributed by atoms with E-state index in [0.717, 1.165) is 10.0 Å². The van der Waals surface area contributed by atoms with Gasteiger partial charge in [-0.1, -0.05) is 22.0 Å². The fourth-order valence-corrected chi connectivity index (χ4v) is 2.24. The number of hydrogen-bond donors (Lipinski definition) is 1. The van der Waals surface area contributed by atoms with Crippen LogP contribution in [0.1, 0.15) is 18.6 Å². The summed E-state index contributed by atoms with van der Waals surface area (Å²) in [6.45, 7) is 1.70. The van der Waals surface area contributed by atoms with Gasteiger partial charge < -0.3 is 9.84 Å². The van der Waals surface area contributed by atoms with Crippen LogP contribution in [0.4, 0.5) is 4.39 Å². The molecule has 0 radical (unpaired) electrons. The normalized spacial score (nSPS) is 12.2. The molecular weight excluding hydrogens is 299 g/mol. The van der Waals surface area contributed by atoms with Crippen molar-refractivity contribution in [1.29, 1.82) is 0 Å². The van der Waals surface area contributed by atoms with Crippen LogP contribution in [0.3, 0.4) is 0 Å². The van der Waals surface area contributed by atoms with Crippen LogP contribution in [0.2, 0.25) is 0 Å². The molecule has 18 heavy (non-hydrogen) atoms. The largest absolute Gasteiger partial charge is 0.457 e. The molecule has 0 aliphatic carbocycles. The van der Waals surface area contributed by atoms with Crippen LogP contribution in [-0.2, 0) is 0 Å². The Morgan fingerprint density at radius 3 is 2.28 bits per heavy atom. The van der Waals surface area contributed by atoms with E-state index >= 15 is 0 Å². The summed E-state index contributed by atoms with van der Waals surface area (Å²) in [5.41, 5.74) is 0.793. The Morgan fingerprint density at radius 1 is 1.11 bits per heavy atom. The highest BCUT2D eigenvalue weighted by atomic mass is 79.9. The van der Waals surface area contributed by atoms with Gasteiger partial charge in [0.15, 0.2) is 0 Å². The molecule has 0 heterocycles. The van der Waals surface area contributed by atoms with Crippen molar-refractivity contribution in [3.05, 3.63) is 58.3 Å². The third kappa shape index (κ3) is 3.09. The number of rotatable bonds is 3. The molecule has 0 fully saturated rings. The van der Waals surface area contributed by atoms with Gasteiger partial charge in [0, 0.05) is 4.47 Å². The average Bonchev–Trinajstić information content (AvgIpc) is 2.32. The zero-order valence-corrected chi connectivity index (χ0v) is 11.3. The average molecular weight is 311 g/mol. The van der Waals surface area contributed by atoms with E-state index in [4.69, 9.17) is 4.74 Å². The maximum absolute atomic E-state index is 12.7. The predicted octanol–water partition coefficient (Wildman–Crippen LogP) is 4.43. The van der Waals surface area contributed by atoms with E-state index in [1.54, 1.807) is 37.3 Å². The van der Waals surface area contributed by atoms with Crippen LogP contribution < -0.4 is 4.74 Å². The lowest BCUT2D eigenvalue weighted by Gasteiger charge is -2.10. The summed E-state index contributed by atoms with van der Waals surface area (Å²) < 4.78 is 19.1. The zero-order chi connectivity index (χ0) is 13.1. The van der Waals surface area contributed by atoms with Crippen molar-refractivity contribution >= 4 is 15.9 Å². The number of hydrogen-bond acceptors (Lipinski definition) is 2. The van der Waals surface area contributed by atoms with Gasteiger partial charge in [-0.2, -0.15) is 0 Å². The number of aliphatic hydroxyl groups is 1. The van der Waals surface area contributed by atoms with E-state index in [1.807, 2.05) is 0 Å². The van der Waals surface area contributed by atoms with Gasteiger partial charge in [-0.15, -0.1) is 0 Å². The topological polar surface area (TPSA) is 29.5 Å². The van der Waals surface area contributed by atoms with Crippen LogP contribution in [0, 0.1) is 5.82 Å². The van der Waals surface area contributed by atoms with E-state index in [2.05, 4.69) is 15.9 Å². The first-order chi connectivity index (χ1) is 8.56. The van der Waals surface area contributed by atoms with Crippen molar-refractivity contribution in [2.45, 2.75) is 13.0 Å². The first-order valence-corrected chi connectivity index (χ1v) is 6.26. The molecule has 1 atom stereocenters. The van der Waals surface area contributed by atoms with Gasteiger partial charge in [0.05, 0.1) is 6.10 Å². The molecule has 0 aromatic heterocycles. The lowest BCUT2D eigenvalue weighted by Crippen LogP contribution is -1.93. The Balaban J connectivity index is 2.20. The second kappa shape index (κ2) is 5.50. The molecule has 2 rings (SSSR count). The molecule has 0 saturated heterocycles. The van der Waals surface area contributed by atoms with E-state index < -0.39 is 6.10 Å². The molecule has 2 nitrogen and oxygen atoms in total. The molecule has 0 unspecified atom stereocenters. The Bertz CT molecular complexity index is 538. The van der Waals surface area contributed by atoms with Crippen LogP contribution in [-0.4, -0.2) is 5.11 Å². The molecule has 0 saturated carbocycles. The molecule has 0 bridgehead atoms. The lowest BCUT2D eigenvalue weighted by atomic mass is 10.1. The highest BCUT2D eigenvalue weighted by molar-refractivity contribution is 9.10. The fourth-order valence-electron chi connectivity index (χ4n) is 1.55. The second-order valence-corrected chi connectivity index (χ2v) is 4.77. The molecule has 1 N–H and O–H groups in total. The maximum atomic E-state index is 12.7. The standard InChI is InChI=1S/C14H12BrFO2/c1-9(17)13-7-6-12(8-14(13)15)18-11-4-2-10(16)3-5-11/h2-9,17H,1H3/t9-/m1/s1. The second-order valence-electron chi connectivity index (χ2n) is 3.92. The minimum atomic E-state index is -0.542. The molecule has 0 amide bonds. The van der Waals surface area contributed by atoms with Gasteiger partial charge in [-0.05, 0) is 48.9 Å². The number of benzene rings is 2. The molecule has 0 aliphatic heterocycles. The third-order valence-electron chi connectivity index (χ3n) is 2.47. The lowest BCUT2D eigenvalue weighted by molar-refractivity contribution is 0.198. The van der Waals surface area contributed by atoms with Crippen molar-refractivity contribution in [3.63, 3.8) is 0 Å². The molecule has 4 heteroatoms. The fraction of sp³-hybridized carbons (Fsp3) is 0.143. The van der Waals surface area contributed by atoms with Gasteiger partial charge in [0.2, 0.25) is 0 Å². The van der Waals surface area contributed by atoms with E-state index in [9.17, 15) is 9.50 Å². The summed E-state index contributed by atoms with van der Waals surface area (Å²) in [5, 5.41) is 9.50. The summed E-state index contributed by atoms with van der Waals surface area (Å²) in [7, 11) is 0. The maximum Gasteiger partial charge on any atom is 0.128 e. The Morgan fingerprint density at radius 2 is 1.72 bits per heavy atom. The van der Waals surface area contributed by atoms with E-state index in [0.29, 0.717) is 11.5 Å². The van der Waals surface area contributed by atoms with Crippen LogP contribution in [0.25, 0.3) is 0 Å². The van der Waals surface area contributed by atoms with Gasteiger partial charge >= 0.3 is 0 Å². The van der Waals surface area contributed by atoms with E-state index in [-0.39, 0.29) is 5.82 Å². The van der Waals surface area contributed by atoms with Gasteiger partial charge in [0.25, 0.3) is 0 Å². The van der Waals surface area contributed by atoms with Gasteiger partial charge in [0.1, 0.15) is 17.3 Å². The first kappa shape index (κ1) is 13.1. The number of halogens is 2. The smallest absolute Gasteiger partial charge is 0.128 e. The van der Waals surface area contributed by atoms with Crippen LogP contribution in [0.15, 0.2) is 46.9 Å². The molecule has 94 valence electrons. The molecule has 2 aromatic rings. The molecule has 0 aliphatic rings. The number of aliphatic hydroxyl groups excluding tert-OH is 1. The highest BCUT2D eigenvalue weighted by Gasteiger charge is 2.07. The third-order valence-corrected chi connectivity index (χ3v) is 3.16. The summed E-state index contributed by atoms with van der Waals surface area (Å²) in [4.78, 5) is 0. The summed E-state index contributed by atoms with van der Waals surface area (Å²) in [5.74, 6) is 0.888. The zero-order valence-electron chi connectivity index (χ0n) is 9.73. The predicted molar refractivity (Wildman–Crippen MR) is 71.2 cm³/mol. The van der Waals surface area contributed by atoms with Crippen molar-refractivity contribution in [1.82, 2.24) is 0 Å². The minimum Gasteiger partial charge on any atom is -0.457 e. The molecule has 2 aromatic carbocycles. The summed E-state index contributed by atoms with van der Waals surface area (Å²) in [6, 6.07) is 11.1. The SMILES string of the molecule is C[C@@H](O)c1ccc(Oc2ccc(F)cc2)cc1Br. The highest BCUT2D eigenvalue weighted by Crippen LogP contribution is 2.30. The van der Waals surface area contributed by atoms with E-state index in [1.165, 1.54) is 12.1 Å². The van der Waals surface area contributed by atoms with Crippen molar-refractivity contribution < 1.29 is 14.2 Å². The van der Waals surface area contributed by atoms with Crippen molar-refractivity contribution in [3.8, 4) is 11.5 Å². The Hall–Kier alpha value is -1.39. The van der Waals surface area contributed by atoms with Crippen molar-refractivity contribution in [2.24, 2.45) is 0 Å². The minimum absolute atomic E-state index is 0.298. The van der Waals surface area contributed by atoms with Gasteiger partial charge in [-0.3, -0.25) is 0 Å².